The number of benzene rings is 2. The molecule has 0 amide bonds. The summed E-state index contributed by atoms with van der Waals surface area (Å²) in [5, 5.41) is 18.1. The van der Waals surface area contributed by atoms with Gasteiger partial charge in [0, 0.05) is 38.6 Å². The number of nitrogens with one attached hydrogen (secondary N) is 2. The zero-order chi connectivity index (χ0) is 18.5. The Balaban J connectivity index is 1.79. The van der Waals surface area contributed by atoms with Crippen LogP contribution in [0.5, 0.6) is 5.75 Å². The molecule has 1 unspecified atom stereocenters. The molecule has 3 rings (SSSR count). The summed E-state index contributed by atoms with van der Waals surface area (Å²) in [6.45, 7) is 6.01. The number of hydrogen-bond acceptors (Lipinski definition) is 4. The third-order valence-corrected chi connectivity index (χ3v) is 5.24. The number of fused-ring (bicyclic) bond motifs is 1. The Bertz CT molecular complexity index is 898. The number of phenolic OH excluding ortho intramolecular Hbond substituents is 1. The molecule has 0 aliphatic carbocycles. The highest BCUT2D eigenvalue weighted by Gasteiger charge is 2.07. The Kier molecular flexibility index (Phi) is 6.32. The van der Waals surface area contributed by atoms with Crippen LogP contribution in [0.3, 0.4) is 0 Å². The SMILES string of the molecule is CCC(C)CNCc1cc(Nc2ccnc3cc(I)ccc23)ccc1O. The highest BCUT2D eigenvalue weighted by Crippen LogP contribution is 2.28. The fourth-order valence-corrected chi connectivity index (χ4v) is 3.26. The van der Waals surface area contributed by atoms with Crippen LogP contribution in [0.25, 0.3) is 10.9 Å². The van der Waals surface area contributed by atoms with Crippen molar-refractivity contribution in [3.8, 4) is 5.75 Å². The van der Waals surface area contributed by atoms with Crippen molar-refractivity contribution in [1.82, 2.24) is 10.3 Å². The molecular weight excluding hydrogens is 437 g/mol. The number of halogens is 1. The van der Waals surface area contributed by atoms with Gasteiger partial charge in [0.15, 0.2) is 0 Å². The maximum Gasteiger partial charge on any atom is 0.120 e. The maximum atomic E-state index is 10.1. The summed E-state index contributed by atoms with van der Waals surface area (Å²) in [6, 6.07) is 13.8. The van der Waals surface area contributed by atoms with E-state index in [-0.39, 0.29) is 0 Å². The molecule has 0 spiro atoms. The van der Waals surface area contributed by atoms with E-state index < -0.39 is 0 Å². The standard InChI is InChI=1S/C21H24IN3O/c1-3-14(2)12-23-13-15-10-17(5-7-21(15)26)25-19-8-9-24-20-11-16(22)4-6-18(19)20/h4-11,14,23,26H,3,12-13H2,1-2H3,(H,24,25). The van der Waals surface area contributed by atoms with Crippen molar-refractivity contribution in [2.45, 2.75) is 26.8 Å². The molecule has 136 valence electrons. The van der Waals surface area contributed by atoms with Gasteiger partial charge in [-0.05, 0) is 77.5 Å². The van der Waals surface area contributed by atoms with E-state index in [9.17, 15) is 5.11 Å². The quantitative estimate of drug-likeness (QED) is 0.325. The van der Waals surface area contributed by atoms with Crippen LogP contribution in [-0.2, 0) is 6.54 Å². The van der Waals surface area contributed by atoms with Gasteiger partial charge in [-0.3, -0.25) is 4.98 Å². The minimum absolute atomic E-state index is 0.321. The molecular formula is C21H24IN3O. The Morgan fingerprint density at radius 1 is 1.15 bits per heavy atom. The summed E-state index contributed by atoms with van der Waals surface area (Å²) in [5.74, 6) is 0.950. The number of aromatic nitrogens is 1. The highest BCUT2D eigenvalue weighted by atomic mass is 127. The molecule has 3 N–H and O–H groups in total. The molecule has 0 saturated carbocycles. The second-order valence-electron chi connectivity index (χ2n) is 6.63. The van der Waals surface area contributed by atoms with Crippen LogP contribution in [0.2, 0.25) is 0 Å². The van der Waals surface area contributed by atoms with Crippen LogP contribution in [-0.4, -0.2) is 16.6 Å². The Labute approximate surface area is 168 Å². The van der Waals surface area contributed by atoms with E-state index >= 15 is 0 Å². The minimum Gasteiger partial charge on any atom is -0.508 e. The molecule has 1 heterocycles. The number of anilines is 2. The lowest BCUT2D eigenvalue weighted by Gasteiger charge is -2.14. The predicted molar refractivity (Wildman–Crippen MR) is 117 cm³/mol. The molecule has 1 aromatic heterocycles. The van der Waals surface area contributed by atoms with Crippen molar-refractivity contribution in [3.05, 3.63) is 57.8 Å². The number of aromatic hydroxyl groups is 1. The third-order valence-electron chi connectivity index (χ3n) is 4.57. The molecule has 3 aromatic rings. The smallest absolute Gasteiger partial charge is 0.120 e. The lowest BCUT2D eigenvalue weighted by molar-refractivity contribution is 0.456. The van der Waals surface area contributed by atoms with E-state index in [4.69, 9.17) is 0 Å². The first-order valence-electron chi connectivity index (χ1n) is 8.90. The second-order valence-corrected chi connectivity index (χ2v) is 7.88. The molecule has 0 aliphatic heterocycles. The monoisotopic (exact) mass is 461 g/mol. The van der Waals surface area contributed by atoms with E-state index in [0.717, 1.165) is 40.8 Å². The van der Waals surface area contributed by atoms with Gasteiger partial charge in [-0.15, -0.1) is 0 Å². The van der Waals surface area contributed by atoms with Crippen molar-refractivity contribution in [1.29, 1.82) is 0 Å². The van der Waals surface area contributed by atoms with Gasteiger partial charge in [-0.25, -0.2) is 0 Å². The number of pyridine rings is 1. The molecule has 2 aromatic carbocycles. The van der Waals surface area contributed by atoms with Gasteiger partial charge < -0.3 is 15.7 Å². The molecule has 0 radical (unpaired) electrons. The Morgan fingerprint density at radius 2 is 2.00 bits per heavy atom. The van der Waals surface area contributed by atoms with E-state index in [1.165, 1.54) is 3.57 Å². The fourth-order valence-electron chi connectivity index (χ4n) is 2.79. The molecule has 0 bridgehead atoms. The van der Waals surface area contributed by atoms with Crippen LogP contribution in [0.4, 0.5) is 11.4 Å². The zero-order valence-electron chi connectivity index (χ0n) is 15.1. The number of rotatable bonds is 7. The Hall–Kier alpha value is -1.86. The van der Waals surface area contributed by atoms with Crippen LogP contribution in [0.1, 0.15) is 25.8 Å². The van der Waals surface area contributed by atoms with Crippen LogP contribution in [0, 0.1) is 9.49 Å². The molecule has 5 heteroatoms. The van der Waals surface area contributed by atoms with E-state index in [1.807, 2.05) is 24.4 Å². The van der Waals surface area contributed by atoms with Crippen LogP contribution < -0.4 is 10.6 Å². The van der Waals surface area contributed by atoms with Crippen LogP contribution in [0.15, 0.2) is 48.7 Å². The lowest BCUT2D eigenvalue weighted by atomic mass is 10.1. The number of hydrogen-bond donors (Lipinski definition) is 3. The first-order chi connectivity index (χ1) is 12.6. The van der Waals surface area contributed by atoms with Gasteiger partial charge in [-0.2, -0.15) is 0 Å². The van der Waals surface area contributed by atoms with Crippen molar-refractivity contribution < 1.29 is 5.11 Å². The Morgan fingerprint density at radius 3 is 2.81 bits per heavy atom. The average Bonchev–Trinajstić information content (AvgIpc) is 2.64. The topological polar surface area (TPSA) is 57.2 Å². The van der Waals surface area contributed by atoms with Crippen LogP contribution >= 0.6 is 22.6 Å². The fraction of sp³-hybridized carbons (Fsp3) is 0.286. The first-order valence-corrected chi connectivity index (χ1v) is 9.98. The van der Waals surface area contributed by atoms with Gasteiger partial charge in [0.1, 0.15) is 5.75 Å². The van der Waals surface area contributed by atoms with E-state index in [0.29, 0.717) is 18.2 Å². The number of phenols is 1. The number of nitrogens with zero attached hydrogens (tertiary/aromatic N) is 1. The maximum absolute atomic E-state index is 10.1. The van der Waals surface area contributed by atoms with Crippen molar-refractivity contribution in [2.75, 3.05) is 11.9 Å². The average molecular weight is 461 g/mol. The molecule has 4 nitrogen and oxygen atoms in total. The summed E-state index contributed by atoms with van der Waals surface area (Å²) in [6.07, 6.45) is 2.96. The summed E-state index contributed by atoms with van der Waals surface area (Å²) in [7, 11) is 0. The van der Waals surface area contributed by atoms with Gasteiger partial charge in [-0.1, -0.05) is 20.3 Å². The summed E-state index contributed by atoms with van der Waals surface area (Å²) in [5.41, 5.74) is 3.83. The molecule has 26 heavy (non-hydrogen) atoms. The molecule has 0 fully saturated rings. The first kappa shape index (κ1) is 18.9. The molecule has 0 saturated heterocycles. The summed E-state index contributed by atoms with van der Waals surface area (Å²) >= 11 is 2.30. The predicted octanol–water partition coefficient (Wildman–Crippen LogP) is 5.42. The molecule has 1 atom stereocenters. The van der Waals surface area contributed by atoms with Gasteiger partial charge >= 0.3 is 0 Å². The van der Waals surface area contributed by atoms with E-state index in [2.05, 4.69) is 70.3 Å². The highest BCUT2D eigenvalue weighted by molar-refractivity contribution is 14.1. The van der Waals surface area contributed by atoms with Gasteiger partial charge in [0.05, 0.1) is 5.52 Å². The zero-order valence-corrected chi connectivity index (χ0v) is 17.2. The van der Waals surface area contributed by atoms with Crippen molar-refractivity contribution in [3.63, 3.8) is 0 Å². The lowest BCUT2D eigenvalue weighted by Crippen LogP contribution is -2.20. The summed E-state index contributed by atoms with van der Waals surface area (Å²) < 4.78 is 1.17. The largest absolute Gasteiger partial charge is 0.508 e. The molecule has 0 aliphatic rings. The normalized spacial score (nSPS) is 12.3. The second kappa shape index (κ2) is 8.68. The van der Waals surface area contributed by atoms with Gasteiger partial charge in [0.2, 0.25) is 0 Å². The third kappa shape index (κ3) is 4.65. The van der Waals surface area contributed by atoms with E-state index in [1.54, 1.807) is 6.07 Å². The van der Waals surface area contributed by atoms with Crippen molar-refractivity contribution in [2.24, 2.45) is 5.92 Å². The minimum atomic E-state index is 0.321. The van der Waals surface area contributed by atoms with Crippen molar-refractivity contribution >= 4 is 44.9 Å². The summed E-state index contributed by atoms with van der Waals surface area (Å²) in [4.78, 5) is 4.45. The van der Waals surface area contributed by atoms with Gasteiger partial charge in [0.25, 0.3) is 0 Å².